The van der Waals surface area contributed by atoms with Crippen molar-refractivity contribution in [3.63, 3.8) is 0 Å². The number of carbonyl (C=O) groups excluding carboxylic acids is 1. The van der Waals surface area contributed by atoms with E-state index in [1.165, 1.54) is 0 Å². The number of anilines is 1. The summed E-state index contributed by atoms with van der Waals surface area (Å²) in [7, 11) is 0. The summed E-state index contributed by atoms with van der Waals surface area (Å²) in [4.78, 5) is 23.2. The fourth-order valence-corrected chi connectivity index (χ4v) is 3.36. The fraction of sp³-hybridized carbons (Fsp3) is 0.412. The summed E-state index contributed by atoms with van der Waals surface area (Å²) in [6.07, 6.45) is 5.03. The second-order valence-corrected chi connectivity index (χ2v) is 6.39. The van der Waals surface area contributed by atoms with Crippen LogP contribution in [0.25, 0.3) is 11.0 Å². The van der Waals surface area contributed by atoms with E-state index in [0.29, 0.717) is 11.3 Å². The van der Waals surface area contributed by atoms with Crippen LogP contribution in [-0.4, -0.2) is 45.2 Å². The molecule has 0 radical (unpaired) electrons. The van der Waals surface area contributed by atoms with Crippen molar-refractivity contribution in [3.8, 4) is 0 Å². The monoisotopic (exact) mass is 340 g/mol. The maximum atomic E-state index is 12.4. The van der Waals surface area contributed by atoms with Crippen LogP contribution >= 0.6 is 0 Å². The van der Waals surface area contributed by atoms with Crippen molar-refractivity contribution in [2.24, 2.45) is 0 Å². The molecule has 2 N–H and O–H groups in total. The van der Waals surface area contributed by atoms with Crippen LogP contribution in [0.1, 0.15) is 34.7 Å². The number of piperidine rings is 1. The summed E-state index contributed by atoms with van der Waals surface area (Å²) >= 11 is 0. The number of nitrogens with one attached hydrogen (secondary N) is 2. The largest absolute Gasteiger partial charge is 0.466 e. The highest BCUT2D eigenvalue weighted by Crippen LogP contribution is 2.24. The smallest absolute Gasteiger partial charge is 0.255 e. The first-order chi connectivity index (χ1) is 12.1. The highest BCUT2D eigenvalue weighted by Gasteiger charge is 2.24. The van der Waals surface area contributed by atoms with E-state index < -0.39 is 0 Å². The average molecular weight is 340 g/mol. The number of furan rings is 1. The molecule has 8 heteroatoms. The standard InChI is InChI=1S/C17H20N6O2/c1-10-7-13(11(2)25-10)17(24)21-12-3-5-23(6-4-12)16-14-8-20-22-15(14)18-9-19-16/h7-9,12H,3-6H2,1-2H3,(H,21,24)(H,18,19,20,22). The Morgan fingerprint density at radius 3 is 2.84 bits per heavy atom. The van der Waals surface area contributed by atoms with Gasteiger partial charge in [0.1, 0.15) is 23.7 Å². The lowest BCUT2D eigenvalue weighted by Gasteiger charge is -2.33. The van der Waals surface area contributed by atoms with Gasteiger partial charge in [0, 0.05) is 19.1 Å². The van der Waals surface area contributed by atoms with Crippen molar-refractivity contribution < 1.29 is 9.21 Å². The Balaban J connectivity index is 1.41. The number of fused-ring (bicyclic) bond motifs is 1. The first kappa shape index (κ1) is 15.6. The summed E-state index contributed by atoms with van der Waals surface area (Å²) in [5.74, 6) is 2.25. The summed E-state index contributed by atoms with van der Waals surface area (Å²) in [5.41, 5.74) is 1.36. The maximum absolute atomic E-state index is 12.4. The van der Waals surface area contributed by atoms with E-state index in [0.717, 1.165) is 48.5 Å². The van der Waals surface area contributed by atoms with Crippen molar-refractivity contribution in [3.05, 3.63) is 35.7 Å². The zero-order chi connectivity index (χ0) is 17.4. The SMILES string of the molecule is Cc1cc(C(=O)NC2CCN(c3ncnc4[nH]ncc34)CC2)c(C)o1. The van der Waals surface area contributed by atoms with E-state index >= 15 is 0 Å². The van der Waals surface area contributed by atoms with Gasteiger partial charge in [0.05, 0.1) is 17.1 Å². The zero-order valence-electron chi connectivity index (χ0n) is 14.2. The Morgan fingerprint density at radius 1 is 1.32 bits per heavy atom. The minimum atomic E-state index is -0.0629. The highest BCUT2D eigenvalue weighted by atomic mass is 16.3. The first-order valence-corrected chi connectivity index (χ1v) is 8.39. The molecule has 130 valence electrons. The van der Waals surface area contributed by atoms with Gasteiger partial charge in [-0.15, -0.1) is 0 Å². The Bertz CT molecular complexity index is 907. The molecule has 0 spiro atoms. The van der Waals surface area contributed by atoms with Crippen LogP contribution in [0.2, 0.25) is 0 Å². The molecule has 3 aromatic heterocycles. The third-order valence-electron chi connectivity index (χ3n) is 4.64. The number of aryl methyl sites for hydroxylation is 2. The molecule has 1 amide bonds. The van der Waals surface area contributed by atoms with Crippen LogP contribution in [0.15, 0.2) is 23.0 Å². The number of H-pyrrole nitrogens is 1. The minimum absolute atomic E-state index is 0.0629. The van der Waals surface area contributed by atoms with Crippen molar-refractivity contribution in [1.82, 2.24) is 25.5 Å². The van der Waals surface area contributed by atoms with Gasteiger partial charge in [0.25, 0.3) is 5.91 Å². The second kappa shape index (κ2) is 6.19. The van der Waals surface area contributed by atoms with Gasteiger partial charge in [-0.1, -0.05) is 0 Å². The second-order valence-electron chi connectivity index (χ2n) is 6.39. The van der Waals surface area contributed by atoms with Gasteiger partial charge in [-0.05, 0) is 32.8 Å². The summed E-state index contributed by atoms with van der Waals surface area (Å²) in [6.45, 7) is 5.31. The van der Waals surface area contributed by atoms with Gasteiger partial charge in [0.15, 0.2) is 5.65 Å². The third kappa shape index (κ3) is 2.95. The average Bonchev–Trinajstić information content (AvgIpc) is 3.21. The number of rotatable bonds is 3. The number of hydrogen-bond acceptors (Lipinski definition) is 6. The van der Waals surface area contributed by atoms with Gasteiger partial charge in [0.2, 0.25) is 0 Å². The predicted octanol–water partition coefficient (Wildman–Crippen LogP) is 1.96. The van der Waals surface area contributed by atoms with E-state index in [9.17, 15) is 4.79 Å². The number of nitrogens with zero attached hydrogens (tertiary/aromatic N) is 4. The number of hydrogen-bond donors (Lipinski definition) is 2. The lowest BCUT2D eigenvalue weighted by atomic mass is 10.0. The van der Waals surface area contributed by atoms with Crippen LogP contribution in [-0.2, 0) is 0 Å². The Labute approximate surface area is 144 Å². The molecule has 0 saturated carbocycles. The molecule has 3 aromatic rings. The first-order valence-electron chi connectivity index (χ1n) is 8.39. The molecule has 0 aliphatic carbocycles. The molecular formula is C17H20N6O2. The molecule has 1 saturated heterocycles. The van der Waals surface area contributed by atoms with Crippen LogP contribution < -0.4 is 10.2 Å². The van der Waals surface area contributed by atoms with Crippen molar-refractivity contribution in [2.75, 3.05) is 18.0 Å². The van der Waals surface area contributed by atoms with Crippen molar-refractivity contribution in [2.45, 2.75) is 32.7 Å². The Morgan fingerprint density at radius 2 is 2.12 bits per heavy atom. The van der Waals surface area contributed by atoms with Crippen LogP contribution in [0.5, 0.6) is 0 Å². The van der Waals surface area contributed by atoms with Crippen molar-refractivity contribution in [1.29, 1.82) is 0 Å². The molecule has 1 aliphatic rings. The van der Waals surface area contributed by atoms with Crippen molar-refractivity contribution >= 4 is 22.8 Å². The molecule has 0 atom stereocenters. The quantitative estimate of drug-likeness (QED) is 0.756. The minimum Gasteiger partial charge on any atom is -0.466 e. The van der Waals surface area contributed by atoms with E-state index in [4.69, 9.17) is 4.42 Å². The molecule has 1 aliphatic heterocycles. The number of carbonyl (C=O) groups is 1. The Hall–Kier alpha value is -2.90. The van der Waals surface area contributed by atoms with Gasteiger partial charge in [-0.25, -0.2) is 9.97 Å². The van der Waals surface area contributed by atoms with Crippen LogP contribution in [0, 0.1) is 13.8 Å². The molecule has 0 bridgehead atoms. The van der Waals surface area contributed by atoms with Gasteiger partial charge in [-0.3, -0.25) is 9.89 Å². The molecule has 8 nitrogen and oxygen atoms in total. The van der Waals surface area contributed by atoms with Gasteiger partial charge < -0.3 is 14.6 Å². The van der Waals surface area contributed by atoms with Crippen LogP contribution in [0.4, 0.5) is 5.82 Å². The summed E-state index contributed by atoms with van der Waals surface area (Å²) in [6, 6.07) is 1.94. The van der Waals surface area contributed by atoms with Gasteiger partial charge >= 0.3 is 0 Å². The van der Waals surface area contributed by atoms with Crippen LogP contribution in [0.3, 0.4) is 0 Å². The Kier molecular flexibility index (Phi) is 3.87. The maximum Gasteiger partial charge on any atom is 0.255 e. The summed E-state index contributed by atoms with van der Waals surface area (Å²) in [5, 5.41) is 10.9. The van der Waals surface area contributed by atoms with E-state index in [2.05, 4.69) is 30.4 Å². The molecule has 0 aromatic carbocycles. The normalized spacial score (nSPS) is 15.7. The fourth-order valence-electron chi connectivity index (χ4n) is 3.36. The highest BCUT2D eigenvalue weighted by molar-refractivity contribution is 5.95. The van der Waals surface area contributed by atoms with E-state index in [1.807, 2.05) is 13.8 Å². The third-order valence-corrected chi connectivity index (χ3v) is 4.64. The number of amides is 1. The lowest BCUT2D eigenvalue weighted by Crippen LogP contribution is -2.45. The predicted molar refractivity (Wildman–Crippen MR) is 92.6 cm³/mol. The van der Waals surface area contributed by atoms with E-state index in [1.54, 1.807) is 18.6 Å². The molecule has 4 heterocycles. The molecule has 0 unspecified atom stereocenters. The summed E-state index contributed by atoms with van der Waals surface area (Å²) < 4.78 is 5.44. The molecule has 1 fully saturated rings. The number of aromatic nitrogens is 4. The lowest BCUT2D eigenvalue weighted by molar-refractivity contribution is 0.0929. The molecule has 25 heavy (non-hydrogen) atoms. The topological polar surface area (TPSA) is 99.9 Å². The van der Waals surface area contributed by atoms with E-state index in [-0.39, 0.29) is 11.9 Å². The molecule has 4 rings (SSSR count). The number of aromatic amines is 1. The van der Waals surface area contributed by atoms with Gasteiger partial charge in [-0.2, -0.15) is 5.10 Å². The molecular weight excluding hydrogens is 320 g/mol. The zero-order valence-corrected chi connectivity index (χ0v) is 14.2.